The molecule has 2 amide bonds. The first-order valence-corrected chi connectivity index (χ1v) is 6.17. The Hall–Kier alpha value is -2.27. The summed E-state index contributed by atoms with van der Waals surface area (Å²) in [4.78, 5) is 22.5. The molecule has 0 aromatic carbocycles. The minimum absolute atomic E-state index is 0.0442. The third kappa shape index (κ3) is 8.77. The zero-order valence-electron chi connectivity index (χ0n) is 11.7. The number of nitriles is 1. The molecule has 0 bridgehead atoms. The van der Waals surface area contributed by atoms with Gasteiger partial charge in [0.1, 0.15) is 11.6 Å². The lowest BCUT2D eigenvalue weighted by molar-refractivity contribution is -0.117. The van der Waals surface area contributed by atoms with E-state index in [0.717, 1.165) is 0 Å². The molecule has 0 aromatic rings. The van der Waals surface area contributed by atoms with Gasteiger partial charge in [-0.1, -0.05) is 0 Å². The molecule has 0 spiro atoms. The lowest BCUT2D eigenvalue weighted by atomic mass is 10.3. The predicted molar refractivity (Wildman–Crippen MR) is 71.6 cm³/mol. The Morgan fingerprint density at radius 1 is 1.25 bits per heavy atom. The molecule has 0 rings (SSSR count). The second-order valence-electron chi connectivity index (χ2n) is 3.52. The van der Waals surface area contributed by atoms with Crippen LogP contribution in [0.4, 0.5) is 4.79 Å². The van der Waals surface area contributed by atoms with Gasteiger partial charge in [-0.05, 0) is 6.92 Å². The molecule has 0 heterocycles. The topological polar surface area (TPSA) is 112 Å². The Balaban J connectivity index is 3.93. The van der Waals surface area contributed by atoms with E-state index in [-0.39, 0.29) is 5.57 Å². The van der Waals surface area contributed by atoms with E-state index in [9.17, 15) is 9.59 Å². The normalized spacial score (nSPS) is 10.3. The molecule has 112 valence electrons. The van der Waals surface area contributed by atoms with Gasteiger partial charge in [-0.3, -0.25) is 4.79 Å². The molecule has 8 heteroatoms. The molecule has 0 aliphatic rings. The molecule has 3 N–H and O–H groups in total. The first-order valence-electron chi connectivity index (χ1n) is 6.17. The number of ether oxygens (including phenoxy) is 2. The van der Waals surface area contributed by atoms with Gasteiger partial charge in [0.2, 0.25) is 0 Å². The SMILES string of the molecule is CCOC(=O)NCCN/C=C(/C#N)C(=O)NCCOC. The Morgan fingerprint density at radius 3 is 2.60 bits per heavy atom. The molecule has 0 aromatic heterocycles. The Bertz CT molecular complexity index is 376. The molecule has 8 nitrogen and oxygen atoms in total. The smallest absolute Gasteiger partial charge is 0.407 e. The molecular formula is C12H20N4O4. The quantitative estimate of drug-likeness (QED) is 0.299. The van der Waals surface area contributed by atoms with Crippen molar-refractivity contribution in [3.8, 4) is 6.07 Å². The first-order chi connectivity index (χ1) is 9.65. The minimum Gasteiger partial charge on any atom is -0.450 e. The average molecular weight is 284 g/mol. The summed E-state index contributed by atoms with van der Waals surface area (Å²) in [6.45, 7) is 3.41. The second-order valence-corrected chi connectivity index (χ2v) is 3.52. The summed E-state index contributed by atoms with van der Waals surface area (Å²) in [5.41, 5.74) is -0.0442. The van der Waals surface area contributed by atoms with Crippen LogP contribution >= 0.6 is 0 Å². The maximum atomic E-state index is 11.5. The van der Waals surface area contributed by atoms with Gasteiger partial charge >= 0.3 is 6.09 Å². The zero-order valence-corrected chi connectivity index (χ0v) is 11.7. The van der Waals surface area contributed by atoms with Crippen molar-refractivity contribution in [2.24, 2.45) is 0 Å². The number of methoxy groups -OCH3 is 1. The van der Waals surface area contributed by atoms with Gasteiger partial charge in [0.05, 0.1) is 13.2 Å². The van der Waals surface area contributed by atoms with E-state index < -0.39 is 12.0 Å². The third-order valence-corrected chi connectivity index (χ3v) is 2.02. The summed E-state index contributed by atoms with van der Waals surface area (Å²) < 4.78 is 9.44. The standard InChI is InChI=1S/C12H20N4O4/c1-3-20-12(18)16-5-4-14-9-10(8-13)11(17)15-6-7-19-2/h9,14H,3-7H2,1-2H3,(H,15,17)(H,16,18)/b10-9-. The van der Waals surface area contributed by atoms with Crippen LogP contribution in [0.5, 0.6) is 0 Å². The van der Waals surface area contributed by atoms with Gasteiger partial charge in [-0.2, -0.15) is 5.26 Å². The zero-order chi connectivity index (χ0) is 15.2. The first kappa shape index (κ1) is 17.7. The molecule has 0 unspecified atom stereocenters. The fraction of sp³-hybridized carbons (Fsp3) is 0.583. The summed E-state index contributed by atoms with van der Waals surface area (Å²) in [7, 11) is 1.52. The second kappa shape index (κ2) is 11.8. The molecule has 0 fully saturated rings. The van der Waals surface area contributed by atoms with Crippen LogP contribution in [-0.2, 0) is 14.3 Å². The molecule has 0 saturated heterocycles. The average Bonchev–Trinajstić information content (AvgIpc) is 2.43. The maximum Gasteiger partial charge on any atom is 0.407 e. The number of amides is 2. The summed E-state index contributed by atoms with van der Waals surface area (Å²) in [6.07, 6.45) is 0.797. The highest BCUT2D eigenvalue weighted by Gasteiger charge is 2.07. The molecule has 0 aliphatic carbocycles. The summed E-state index contributed by atoms with van der Waals surface area (Å²) in [5.74, 6) is -0.476. The summed E-state index contributed by atoms with van der Waals surface area (Å²) in [5, 5.41) is 16.6. The lowest BCUT2D eigenvalue weighted by Gasteiger charge is -2.06. The Labute approximate surface area is 118 Å². The van der Waals surface area contributed by atoms with Crippen LogP contribution in [0.1, 0.15) is 6.92 Å². The number of nitrogens with zero attached hydrogens (tertiary/aromatic N) is 1. The van der Waals surface area contributed by atoms with Gasteiger partial charge in [0.25, 0.3) is 5.91 Å². The predicted octanol–water partition coefficient (Wildman–Crippen LogP) is -0.508. The van der Waals surface area contributed by atoms with Gasteiger partial charge in [0, 0.05) is 32.9 Å². The van der Waals surface area contributed by atoms with Crippen molar-refractivity contribution in [1.82, 2.24) is 16.0 Å². The van der Waals surface area contributed by atoms with Crippen molar-refractivity contribution < 1.29 is 19.1 Å². The summed E-state index contributed by atoms with van der Waals surface area (Å²) in [6, 6.07) is 1.78. The van der Waals surface area contributed by atoms with Crippen molar-refractivity contribution in [3.63, 3.8) is 0 Å². The maximum absolute atomic E-state index is 11.5. The van der Waals surface area contributed by atoms with Crippen LogP contribution in [0.25, 0.3) is 0 Å². The van der Waals surface area contributed by atoms with Crippen LogP contribution in [0.3, 0.4) is 0 Å². The van der Waals surface area contributed by atoms with E-state index in [2.05, 4.69) is 20.7 Å². The van der Waals surface area contributed by atoms with Crippen molar-refractivity contribution in [2.45, 2.75) is 6.92 Å². The number of carbonyl (C=O) groups is 2. The van der Waals surface area contributed by atoms with Crippen molar-refractivity contribution in [2.75, 3.05) is 40.0 Å². The number of alkyl carbamates (subject to hydrolysis) is 1. The molecular weight excluding hydrogens is 264 g/mol. The molecule has 0 atom stereocenters. The fourth-order valence-corrected chi connectivity index (χ4v) is 1.10. The van der Waals surface area contributed by atoms with Crippen LogP contribution < -0.4 is 16.0 Å². The van der Waals surface area contributed by atoms with Crippen LogP contribution in [-0.4, -0.2) is 52.0 Å². The van der Waals surface area contributed by atoms with E-state index in [1.165, 1.54) is 13.3 Å². The van der Waals surface area contributed by atoms with Gasteiger partial charge in [-0.25, -0.2) is 4.79 Å². The van der Waals surface area contributed by atoms with Crippen LogP contribution in [0.15, 0.2) is 11.8 Å². The lowest BCUT2D eigenvalue weighted by Crippen LogP contribution is -2.32. The molecule has 0 aliphatic heterocycles. The highest BCUT2D eigenvalue weighted by molar-refractivity contribution is 5.97. The number of hydrogen-bond donors (Lipinski definition) is 3. The van der Waals surface area contributed by atoms with Crippen molar-refractivity contribution in [3.05, 3.63) is 11.8 Å². The van der Waals surface area contributed by atoms with Crippen molar-refractivity contribution >= 4 is 12.0 Å². The van der Waals surface area contributed by atoms with E-state index >= 15 is 0 Å². The van der Waals surface area contributed by atoms with Crippen LogP contribution in [0.2, 0.25) is 0 Å². The summed E-state index contributed by atoms with van der Waals surface area (Å²) >= 11 is 0. The largest absolute Gasteiger partial charge is 0.450 e. The molecule has 0 radical (unpaired) electrons. The molecule has 20 heavy (non-hydrogen) atoms. The van der Waals surface area contributed by atoms with E-state index in [1.54, 1.807) is 13.0 Å². The monoisotopic (exact) mass is 284 g/mol. The van der Waals surface area contributed by atoms with Crippen molar-refractivity contribution in [1.29, 1.82) is 5.26 Å². The number of carbonyl (C=O) groups excluding carboxylic acids is 2. The van der Waals surface area contributed by atoms with Crippen LogP contribution in [0, 0.1) is 11.3 Å². The Morgan fingerprint density at radius 2 is 2.00 bits per heavy atom. The van der Waals surface area contributed by atoms with E-state index in [0.29, 0.717) is 32.8 Å². The third-order valence-electron chi connectivity index (χ3n) is 2.02. The number of rotatable bonds is 9. The number of hydrogen-bond acceptors (Lipinski definition) is 6. The molecule has 0 saturated carbocycles. The van der Waals surface area contributed by atoms with E-state index in [4.69, 9.17) is 10.00 Å². The van der Waals surface area contributed by atoms with Gasteiger partial charge in [0.15, 0.2) is 0 Å². The fourth-order valence-electron chi connectivity index (χ4n) is 1.10. The highest BCUT2D eigenvalue weighted by atomic mass is 16.5. The van der Waals surface area contributed by atoms with Gasteiger partial charge in [-0.15, -0.1) is 0 Å². The highest BCUT2D eigenvalue weighted by Crippen LogP contribution is 1.89. The number of nitrogens with one attached hydrogen (secondary N) is 3. The Kier molecular flexibility index (Phi) is 10.5. The van der Waals surface area contributed by atoms with Gasteiger partial charge < -0.3 is 25.4 Å². The van der Waals surface area contributed by atoms with E-state index in [1.807, 2.05) is 0 Å². The minimum atomic E-state index is -0.504.